The molecule has 0 spiro atoms. The fourth-order valence-electron chi connectivity index (χ4n) is 0.801. The molecule has 72 valence electrons. The predicted molar refractivity (Wildman–Crippen MR) is 51.0 cm³/mol. The average molecular weight is 203 g/mol. The lowest BCUT2D eigenvalue weighted by Gasteiger charge is -2.03. The molecule has 1 atom stereocenters. The lowest BCUT2D eigenvalue weighted by atomic mass is 10.1. The third-order valence-corrected chi connectivity index (χ3v) is 1.53. The summed E-state index contributed by atoms with van der Waals surface area (Å²) in [6.07, 6.45) is 1.48. The maximum Gasteiger partial charge on any atom is 0.354 e. The van der Waals surface area contributed by atoms with Crippen LogP contribution in [0.3, 0.4) is 0 Å². The van der Waals surface area contributed by atoms with Crippen LogP contribution in [0.5, 0.6) is 0 Å². The molecule has 0 saturated carbocycles. The van der Waals surface area contributed by atoms with Crippen molar-refractivity contribution in [1.82, 2.24) is 4.98 Å². The Balaban J connectivity index is 0.00000144. The highest BCUT2D eigenvalue weighted by atomic mass is 35.5. The third-order valence-electron chi connectivity index (χ3n) is 1.53. The normalized spacial score (nSPS) is 11.5. The Labute approximate surface area is 82.2 Å². The van der Waals surface area contributed by atoms with Gasteiger partial charge in [0.2, 0.25) is 0 Å². The van der Waals surface area contributed by atoms with Crippen LogP contribution in [0, 0.1) is 0 Å². The second-order valence-corrected chi connectivity index (χ2v) is 2.57. The Morgan fingerprint density at radius 1 is 1.62 bits per heavy atom. The number of hydrogen-bond acceptors (Lipinski definition) is 3. The maximum atomic E-state index is 10.4. The van der Waals surface area contributed by atoms with Crippen molar-refractivity contribution in [3.8, 4) is 0 Å². The average Bonchev–Trinajstić information content (AvgIpc) is 2.04. The molecule has 0 radical (unpaired) electrons. The highest BCUT2D eigenvalue weighted by Gasteiger charge is 2.04. The van der Waals surface area contributed by atoms with E-state index in [-0.39, 0.29) is 24.1 Å². The van der Waals surface area contributed by atoms with Gasteiger partial charge in [-0.15, -0.1) is 12.4 Å². The molecule has 0 fully saturated rings. The minimum atomic E-state index is -1.02. The number of rotatable bonds is 2. The molecule has 1 heterocycles. The topological polar surface area (TPSA) is 76.2 Å². The number of halogens is 1. The van der Waals surface area contributed by atoms with Crippen LogP contribution in [0.4, 0.5) is 0 Å². The lowest BCUT2D eigenvalue weighted by molar-refractivity contribution is 0.0690. The van der Waals surface area contributed by atoms with Gasteiger partial charge in [0.25, 0.3) is 0 Å². The lowest BCUT2D eigenvalue weighted by Crippen LogP contribution is -2.07. The highest BCUT2D eigenvalue weighted by molar-refractivity contribution is 5.85. The summed E-state index contributed by atoms with van der Waals surface area (Å²) in [5, 5.41) is 8.52. The van der Waals surface area contributed by atoms with E-state index in [4.69, 9.17) is 10.8 Å². The van der Waals surface area contributed by atoms with E-state index in [2.05, 4.69) is 4.98 Å². The molecule has 3 N–H and O–H groups in total. The van der Waals surface area contributed by atoms with Gasteiger partial charge in [0.1, 0.15) is 5.69 Å². The molecule has 0 aliphatic heterocycles. The molecular formula is C8H11ClN2O2. The summed E-state index contributed by atoms with van der Waals surface area (Å²) in [5.41, 5.74) is 6.43. The van der Waals surface area contributed by atoms with E-state index in [9.17, 15) is 4.79 Å². The zero-order valence-corrected chi connectivity index (χ0v) is 7.91. The zero-order chi connectivity index (χ0) is 9.14. The van der Waals surface area contributed by atoms with Crippen LogP contribution < -0.4 is 5.73 Å². The van der Waals surface area contributed by atoms with Gasteiger partial charge >= 0.3 is 5.97 Å². The quantitative estimate of drug-likeness (QED) is 0.756. The van der Waals surface area contributed by atoms with E-state index in [1.54, 1.807) is 6.07 Å². The van der Waals surface area contributed by atoms with Gasteiger partial charge in [0.05, 0.1) is 0 Å². The largest absolute Gasteiger partial charge is 0.477 e. The van der Waals surface area contributed by atoms with Gasteiger partial charge < -0.3 is 10.8 Å². The van der Waals surface area contributed by atoms with Crippen molar-refractivity contribution in [3.63, 3.8) is 0 Å². The maximum absolute atomic E-state index is 10.4. The molecular weight excluding hydrogens is 192 g/mol. The summed E-state index contributed by atoms with van der Waals surface area (Å²) in [7, 11) is 0. The van der Waals surface area contributed by atoms with Crippen molar-refractivity contribution in [3.05, 3.63) is 29.6 Å². The van der Waals surface area contributed by atoms with Gasteiger partial charge in [-0.05, 0) is 18.6 Å². The minimum absolute atomic E-state index is 0. The smallest absolute Gasteiger partial charge is 0.354 e. The molecule has 0 aromatic carbocycles. The molecule has 0 unspecified atom stereocenters. The molecule has 1 aromatic rings. The Kier molecular flexibility index (Phi) is 4.37. The number of carbonyl (C=O) groups is 1. The summed E-state index contributed by atoms with van der Waals surface area (Å²) >= 11 is 0. The zero-order valence-electron chi connectivity index (χ0n) is 7.10. The number of nitrogens with zero attached hydrogens (tertiary/aromatic N) is 1. The van der Waals surface area contributed by atoms with Crippen LogP contribution in [0.15, 0.2) is 18.3 Å². The molecule has 1 aromatic heterocycles. The highest BCUT2D eigenvalue weighted by Crippen LogP contribution is 2.07. The molecule has 0 aliphatic rings. The van der Waals surface area contributed by atoms with Crippen molar-refractivity contribution in [1.29, 1.82) is 0 Å². The minimum Gasteiger partial charge on any atom is -0.477 e. The van der Waals surface area contributed by atoms with Crippen LogP contribution >= 0.6 is 12.4 Å². The SMILES string of the molecule is C[C@H](N)c1ccc(C(=O)O)nc1.Cl. The van der Waals surface area contributed by atoms with Crippen molar-refractivity contribution in [2.24, 2.45) is 5.73 Å². The molecule has 4 nitrogen and oxygen atoms in total. The van der Waals surface area contributed by atoms with Gasteiger partial charge in [0.15, 0.2) is 0 Å². The number of pyridine rings is 1. The first kappa shape index (κ1) is 11.9. The first-order chi connectivity index (χ1) is 5.61. The summed E-state index contributed by atoms with van der Waals surface area (Å²) in [4.78, 5) is 14.1. The van der Waals surface area contributed by atoms with E-state index in [0.29, 0.717) is 0 Å². The molecule has 0 saturated heterocycles. The summed E-state index contributed by atoms with van der Waals surface area (Å²) < 4.78 is 0. The van der Waals surface area contributed by atoms with Crippen LogP contribution in [-0.4, -0.2) is 16.1 Å². The van der Waals surface area contributed by atoms with E-state index >= 15 is 0 Å². The van der Waals surface area contributed by atoms with E-state index < -0.39 is 5.97 Å². The second kappa shape index (κ2) is 4.79. The first-order valence-electron chi connectivity index (χ1n) is 3.56. The molecule has 13 heavy (non-hydrogen) atoms. The van der Waals surface area contributed by atoms with Crippen LogP contribution in [0.25, 0.3) is 0 Å². The van der Waals surface area contributed by atoms with Crippen molar-refractivity contribution in [2.75, 3.05) is 0 Å². The Hall–Kier alpha value is -1.13. The number of carboxylic acid groups (broad SMARTS) is 1. The number of hydrogen-bond donors (Lipinski definition) is 2. The molecule has 0 aliphatic carbocycles. The van der Waals surface area contributed by atoms with Crippen LogP contribution in [0.2, 0.25) is 0 Å². The first-order valence-corrected chi connectivity index (χ1v) is 3.56. The fourth-order valence-corrected chi connectivity index (χ4v) is 0.801. The number of aromatic carboxylic acids is 1. The van der Waals surface area contributed by atoms with Crippen molar-refractivity contribution >= 4 is 18.4 Å². The summed E-state index contributed by atoms with van der Waals surface area (Å²) in [6, 6.07) is 3.00. The monoisotopic (exact) mass is 202 g/mol. The van der Waals surface area contributed by atoms with Crippen LogP contribution in [-0.2, 0) is 0 Å². The molecule has 1 rings (SSSR count). The fraction of sp³-hybridized carbons (Fsp3) is 0.250. The van der Waals surface area contributed by atoms with E-state index in [1.807, 2.05) is 6.92 Å². The van der Waals surface area contributed by atoms with Gasteiger partial charge in [-0.25, -0.2) is 9.78 Å². The Bertz CT molecular complexity index is 285. The van der Waals surface area contributed by atoms with Gasteiger partial charge in [0, 0.05) is 12.2 Å². The summed E-state index contributed by atoms with van der Waals surface area (Å²) in [6.45, 7) is 1.82. The third kappa shape index (κ3) is 3.01. The molecule has 0 amide bonds. The van der Waals surface area contributed by atoms with Gasteiger partial charge in [-0.1, -0.05) is 6.07 Å². The van der Waals surface area contributed by atoms with E-state index in [0.717, 1.165) is 5.56 Å². The van der Waals surface area contributed by atoms with Crippen LogP contribution in [0.1, 0.15) is 29.0 Å². The molecule has 5 heteroatoms. The van der Waals surface area contributed by atoms with Crippen molar-refractivity contribution in [2.45, 2.75) is 13.0 Å². The van der Waals surface area contributed by atoms with Gasteiger partial charge in [-0.2, -0.15) is 0 Å². The Morgan fingerprint density at radius 3 is 2.54 bits per heavy atom. The predicted octanol–water partition coefficient (Wildman–Crippen LogP) is 1.22. The van der Waals surface area contributed by atoms with Crippen molar-refractivity contribution < 1.29 is 9.90 Å². The van der Waals surface area contributed by atoms with Gasteiger partial charge in [-0.3, -0.25) is 0 Å². The second-order valence-electron chi connectivity index (χ2n) is 2.57. The number of aromatic nitrogens is 1. The number of nitrogens with two attached hydrogens (primary N) is 1. The molecule has 0 bridgehead atoms. The Morgan fingerprint density at radius 2 is 2.23 bits per heavy atom. The van der Waals surface area contributed by atoms with E-state index in [1.165, 1.54) is 12.3 Å². The number of carboxylic acids is 1. The summed E-state index contributed by atoms with van der Waals surface area (Å²) in [5.74, 6) is -1.02. The standard InChI is InChI=1S/C8H10N2O2.ClH/c1-5(9)6-2-3-7(8(11)12)10-4-6;/h2-5H,9H2,1H3,(H,11,12);1H/t5-;/m0./s1.